The van der Waals surface area contributed by atoms with Crippen molar-refractivity contribution >= 4 is 57.4 Å². The van der Waals surface area contributed by atoms with E-state index < -0.39 is 0 Å². The first-order valence-corrected chi connectivity index (χ1v) is 6.35. The molecule has 15 heavy (non-hydrogen) atoms. The Kier molecular flexibility index (Phi) is 5.15. The SMILES string of the molecule is CC(CCl)C(=O)Nc1ccc(Cl)cc1I. The van der Waals surface area contributed by atoms with Crippen molar-refractivity contribution in [2.45, 2.75) is 6.92 Å². The number of carbonyl (C=O) groups excluding carboxylic acids is 1. The molecule has 0 aliphatic rings. The first kappa shape index (κ1) is 13.1. The Hall–Kier alpha value is -0.000000000000000111. The summed E-state index contributed by atoms with van der Waals surface area (Å²) in [5.74, 6) is 0.0408. The minimum absolute atomic E-state index is 0.0785. The number of rotatable bonds is 3. The van der Waals surface area contributed by atoms with Crippen LogP contribution >= 0.6 is 45.8 Å². The molecule has 5 heteroatoms. The van der Waals surface area contributed by atoms with Crippen molar-refractivity contribution in [3.05, 3.63) is 26.8 Å². The number of hydrogen-bond acceptors (Lipinski definition) is 1. The molecule has 0 saturated carbocycles. The fourth-order valence-electron chi connectivity index (χ4n) is 0.917. The van der Waals surface area contributed by atoms with Gasteiger partial charge < -0.3 is 5.32 Å². The summed E-state index contributed by atoms with van der Waals surface area (Å²) in [6.07, 6.45) is 0. The third-order valence-corrected chi connectivity index (χ3v) is 3.46. The van der Waals surface area contributed by atoms with Gasteiger partial charge in [0, 0.05) is 20.4 Å². The van der Waals surface area contributed by atoms with Gasteiger partial charge in [0.2, 0.25) is 5.91 Å². The van der Waals surface area contributed by atoms with Gasteiger partial charge in [-0.05, 0) is 40.8 Å². The van der Waals surface area contributed by atoms with E-state index in [-0.39, 0.29) is 11.8 Å². The Morgan fingerprint density at radius 3 is 2.80 bits per heavy atom. The summed E-state index contributed by atoms with van der Waals surface area (Å²) >= 11 is 13.5. The molecule has 0 fully saturated rings. The molecular weight excluding hydrogens is 348 g/mol. The third-order valence-electron chi connectivity index (χ3n) is 1.87. The molecule has 0 saturated heterocycles. The van der Waals surface area contributed by atoms with Crippen LogP contribution in [0.15, 0.2) is 18.2 Å². The van der Waals surface area contributed by atoms with Gasteiger partial charge >= 0.3 is 0 Å². The highest BCUT2D eigenvalue weighted by molar-refractivity contribution is 14.1. The summed E-state index contributed by atoms with van der Waals surface area (Å²) in [7, 11) is 0. The van der Waals surface area contributed by atoms with E-state index in [1.165, 1.54) is 0 Å². The molecule has 0 bridgehead atoms. The first-order chi connectivity index (χ1) is 7.04. The lowest BCUT2D eigenvalue weighted by atomic mass is 10.2. The van der Waals surface area contributed by atoms with E-state index in [9.17, 15) is 4.79 Å². The van der Waals surface area contributed by atoms with Crippen molar-refractivity contribution in [3.63, 3.8) is 0 Å². The van der Waals surface area contributed by atoms with Crippen molar-refractivity contribution in [2.24, 2.45) is 5.92 Å². The van der Waals surface area contributed by atoms with E-state index in [2.05, 4.69) is 27.9 Å². The first-order valence-electron chi connectivity index (χ1n) is 4.36. The van der Waals surface area contributed by atoms with Crippen molar-refractivity contribution in [3.8, 4) is 0 Å². The minimum Gasteiger partial charge on any atom is -0.325 e. The maximum atomic E-state index is 11.5. The highest BCUT2D eigenvalue weighted by Gasteiger charge is 2.12. The molecule has 1 aromatic carbocycles. The number of nitrogens with one attached hydrogen (secondary N) is 1. The zero-order valence-electron chi connectivity index (χ0n) is 8.06. The fraction of sp³-hybridized carbons (Fsp3) is 0.300. The molecule has 1 amide bonds. The number of carbonyl (C=O) groups is 1. The molecule has 1 aromatic rings. The van der Waals surface area contributed by atoms with Crippen LogP contribution in [0.4, 0.5) is 5.69 Å². The van der Waals surface area contributed by atoms with Gasteiger partial charge in [-0.2, -0.15) is 0 Å². The van der Waals surface area contributed by atoms with E-state index in [1.54, 1.807) is 25.1 Å². The second kappa shape index (κ2) is 5.92. The van der Waals surface area contributed by atoms with Crippen LogP contribution in [0.25, 0.3) is 0 Å². The molecule has 82 valence electrons. The predicted octanol–water partition coefficient (Wildman–Crippen LogP) is 3.76. The highest BCUT2D eigenvalue weighted by Crippen LogP contribution is 2.22. The molecule has 1 N–H and O–H groups in total. The summed E-state index contributed by atoms with van der Waals surface area (Å²) in [5, 5.41) is 3.45. The van der Waals surface area contributed by atoms with Crippen molar-refractivity contribution in [1.82, 2.24) is 0 Å². The minimum atomic E-state index is -0.196. The second-order valence-electron chi connectivity index (χ2n) is 3.17. The van der Waals surface area contributed by atoms with Crippen LogP contribution in [0.5, 0.6) is 0 Å². The topological polar surface area (TPSA) is 29.1 Å². The molecule has 1 rings (SSSR count). The molecule has 2 nitrogen and oxygen atoms in total. The van der Waals surface area contributed by atoms with E-state index in [0.29, 0.717) is 10.9 Å². The molecule has 0 heterocycles. The van der Waals surface area contributed by atoms with Gasteiger partial charge in [0.1, 0.15) is 0 Å². The van der Waals surface area contributed by atoms with Gasteiger partial charge in [0.05, 0.1) is 5.69 Å². The van der Waals surface area contributed by atoms with Crippen LogP contribution in [-0.2, 0) is 4.79 Å². The van der Waals surface area contributed by atoms with Crippen LogP contribution in [-0.4, -0.2) is 11.8 Å². The zero-order chi connectivity index (χ0) is 11.4. The van der Waals surface area contributed by atoms with Crippen LogP contribution in [0.1, 0.15) is 6.92 Å². The molecule has 1 atom stereocenters. The Bertz CT molecular complexity index is 370. The van der Waals surface area contributed by atoms with Gasteiger partial charge in [-0.25, -0.2) is 0 Å². The average Bonchev–Trinajstić information content (AvgIpc) is 2.20. The Morgan fingerprint density at radius 1 is 1.60 bits per heavy atom. The number of halogens is 3. The van der Waals surface area contributed by atoms with Gasteiger partial charge in [-0.15, -0.1) is 11.6 Å². The number of anilines is 1. The number of hydrogen-bond donors (Lipinski definition) is 1. The summed E-state index contributed by atoms with van der Waals surface area (Å²) < 4.78 is 0.912. The van der Waals surface area contributed by atoms with E-state index in [1.807, 2.05) is 0 Å². The van der Waals surface area contributed by atoms with E-state index in [0.717, 1.165) is 9.26 Å². The lowest BCUT2D eigenvalue weighted by molar-refractivity contribution is -0.118. The molecule has 0 spiro atoms. The largest absolute Gasteiger partial charge is 0.325 e. The Balaban J connectivity index is 2.77. The molecule has 0 aliphatic heterocycles. The molecular formula is C10H10Cl2INO. The monoisotopic (exact) mass is 357 g/mol. The summed E-state index contributed by atoms with van der Waals surface area (Å²) in [6, 6.07) is 5.32. The fourth-order valence-corrected chi connectivity index (χ4v) is 2.06. The lowest BCUT2D eigenvalue weighted by Crippen LogP contribution is -2.21. The van der Waals surface area contributed by atoms with Crippen LogP contribution in [0, 0.1) is 9.49 Å². The third kappa shape index (κ3) is 3.81. The van der Waals surface area contributed by atoms with Crippen LogP contribution in [0.3, 0.4) is 0 Å². The van der Waals surface area contributed by atoms with E-state index >= 15 is 0 Å². The van der Waals surface area contributed by atoms with Gasteiger partial charge in [-0.1, -0.05) is 18.5 Å². The standard InChI is InChI=1S/C10H10Cl2INO/c1-6(5-11)10(15)14-9-3-2-7(12)4-8(9)13/h2-4,6H,5H2,1H3,(H,14,15). The van der Waals surface area contributed by atoms with Crippen molar-refractivity contribution in [2.75, 3.05) is 11.2 Å². The Labute approximate surface area is 112 Å². The second-order valence-corrected chi connectivity index (χ2v) is 5.08. The molecule has 0 aliphatic carbocycles. The predicted molar refractivity (Wildman–Crippen MR) is 72.7 cm³/mol. The summed E-state index contributed by atoms with van der Waals surface area (Å²) in [4.78, 5) is 11.5. The van der Waals surface area contributed by atoms with E-state index in [4.69, 9.17) is 23.2 Å². The normalized spacial score (nSPS) is 12.3. The zero-order valence-corrected chi connectivity index (χ0v) is 11.7. The highest BCUT2D eigenvalue weighted by atomic mass is 127. The quantitative estimate of drug-likeness (QED) is 0.647. The molecule has 0 aromatic heterocycles. The molecule has 1 unspecified atom stereocenters. The summed E-state index contributed by atoms with van der Waals surface area (Å²) in [6.45, 7) is 1.78. The molecule has 0 radical (unpaired) electrons. The number of alkyl halides is 1. The van der Waals surface area contributed by atoms with Gasteiger partial charge in [0.15, 0.2) is 0 Å². The van der Waals surface area contributed by atoms with Crippen molar-refractivity contribution < 1.29 is 4.79 Å². The Morgan fingerprint density at radius 2 is 2.27 bits per heavy atom. The number of benzene rings is 1. The average molecular weight is 358 g/mol. The van der Waals surface area contributed by atoms with Crippen molar-refractivity contribution in [1.29, 1.82) is 0 Å². The van der Waals surface area contributed by atoms with Crippen LogP contribution < -0.4 is 5.32 Å². The summed E-state index contributed by atoms with van der Waals surface area (Å²) in [5.41, 5.74) is 0.766. The van der Waals surface area contributed by atoms with Gasteiger partial charge in [0.25, 0.3) is 0 Å². The van der Waals surface area contributed by atoms with Gasteiger partial charge in [-0.3, -0.25) is 4.79 Å². The maximum Gasteiger partial charge on any atom is 0.228 e. The smallest absolute Gasteiger partial charge is 0.228 e. The van der Waals surface area contributed by atoms with Crippen LogP contribution in [0.2, 0.25) is 5.02 Å². The number of amides is 1. The lowest BCUT2D eigenvalue weighted by Gasteiger charge is -2.10. The maximum absolute atomic E-state index is 11.5.